The second kappa shape index (κ2) is 11.6. The minimum absolute atomic E-state index is 0.354. The lowest BCUT2D eigenvalue weighted by atomic mass is 9.77. The van der Waals surface area contributed by atoms with Gasteiger partial charge in [-0.15, -0.1) is 15.0 Å². The van der Waals surface area contributed by atoms with E-state index in [0.29, 0.717) is 27.8 Å². The highest BCUT2D eigenvalue weighted by Crippen LogP contribution is 2.41. The van der Waals surface area contributed by atoms with Gasteiger partial charge in [-0.05, 0) is 57.3 Å². The molecule has 0 unspecified atom stereocenters. The van der Waals surface area contributed by atoms with Crippen molar-refractivity contribution >= 4 is 23.4 Å². The maximum atomic E-state index is 11.1. The quantitative estimate of drug-likeness (QED) is 0.108. The number of rotatable bonds is 8. The molecular weight excluding hydrogens is 546 g/mol. The van der Waals surface area contributed by atoms with Crippen LogP contribution in [0.25, 0.3) is 22.5 Å². The molecule has 0 spiro atoms. The van der Waals surface area contributed by atoms with E-state index in [-0.39, 0.29) is 0 Å². The summed E-state index contributed by atoms with van der Waals surface area (Å²) in [5.74, 6) is 0.915. The molecule has 1 aromatic heterocycles. The first-order chi connectivity index (χ1) is 20.6. The number of carbonyl (C=O) groups excluding carboxylic acids is 1. The van der Waals surface area contributed by atoms with E-state index in [4.69, 9.17) is 21.4 Å². The molecule has 0 saturated carbocycles. The van der Waals surface area contributed by atoms with Gasteiger partial charge in [0.15, 0.2) is 5.54 Å². The Morgan fingerprint density at radius 1 is 0.762 bits per heavy atom. The van der Waals surface area contributed by atoms with Crippen molar-refractivity contribution in [1.82, 2.24) is 20.2 Å². The predicted octanol–water partition coefficient (Wildman–Crippen LogP) is 7.48. The molecule has 0 N–H and O–H groups in total. The number of hydrogen-bond donors (Lipinski definition) is 0. The Balaban J connectivity index is 1.61. The normalized spacial score (nSPS) is 11.1. The summed E-state index contributed by atoms with van der Waals surface area (Å²) in [4.78, 5) is 16.6. The second-order valence-corrected chi connectivity index (χ2v) is 9.90. The topological polar surface area (TPSA) is 82.3 Å². The largest absolute Gasteiger partial charge is 0.495 e. The Labute approximate surface area is 247 Å². The third-order valence-electron chi connectivity index (χ3n) is 7.17. The standard InChI is InChI=1S/C34H24ClN5O2/c1-42-32-20-17-24(21-31(32)35)29-19-18-28(36-23-41)22-30(29)33-37-39-40(38-33)34(25-11-5-2-6-12-25,26-13-7-3-8-14-26)27-15-9-4-10-16-27/h2-22H,1H3. The molecule has 6 aromatic rings. The van der Waals surface area contributed by atoms with Crippen molar-refractivity contribution in [3.63, 3.8) is 0 Å². The highest BCUT2D eigenvalue weighted by atomic mass is 35.5. The summed E-state index contributed by atoms with van der Waals surface area (Å²) in [5, 5.41) is 14.7. The molecule has 0 aliphatic rings. The number of ether oxygens (including phenoxy) is 1. The Morgan fingerprint density at radius 2 is 1.36 bits per heavy atom. The number of nitrogens with zero attached hydrogens (tertiary/aromatic N) is 5. The summed E-state index contributed by atoms with van der Waals surface area (Å²) < 4.78 is 5.34. The number of aromatic nitrogens is 4. The van der Waals surface area contributed by atoms with E-state index < -0.39 is 5.54 Å². The van der Waals surface area contributed by atoms with Gasteiger partial charge in [-0.25, -0.2) is 4.79 Å². The van der Waals surface area contributed by atoms with Gasteiger partial charge in [0.25, 0.3) is 0 Å². The van der Waals surface area contributed by atoms with E-state index in [2.05, 4.69) is 51.7 Å². The molecule has 0 amide bonds. The van der Waals surface area contributed by atoms with Crippen LogP contribution in [0.1, 0.15) is 16.7 Å². The Morgan fingerprint density at radius 3 is 1.88 bits per heavy atom. The Bertz CT molecular complexity index is 1790. The van der Waals surface area contributed by atoms with E-state index >= 15 is 0 Å². The zero-order valence-corrected chi connectivity index (χ0v) is 23.3. The fourth-order valence-corrected chi connectivity index (χ4v) is 5.53. The van der Waals surface area contributed by atoms with E-state index in [1.54, 1.807) is 36.2 Å². The third-order valence-corrected chi connectivity index (χ3v) is 7.47. The van der Waals surface area contributed by atoms with Crippen molar-refractivity contribution in [2.75, 3.05) is 7.11 Å². The van der Waals surface area contributed by atoms with Gasteiger partial charge in [-0.1, -0.05) is 115 Å². The van der Waals surface area contributed by atoms with Crippen molar-refractivity contribution in [1.29, 1.82) is 0 Å². The maximum absolute atomic E-state index is 11.1. The Kier molecular flexibility index (Phi) is 7.43. The molecule has 0 saturated heterocycles. The first-order valence-electron chi connectivity index (χ1n) is 13.2. The predicted molar refractivity (Wildman–Crippen MR) is 163 cm³/mol. The van der Waals surface area contributed by atoms with Gasteiger partial charge >= 0.3 is 0 Å². The van der Waals surface area contributed by atoms with Crippen LogP contribution in [0.5, 0.6) is 5.75 Å². The summed E-state index contributed by atoms with van der Waals surface area (Å²) in [7, 11) is 1.57. The highest BCUT2D eigenvalue weighted by Gasteiger charge is 2.41. The van der Waals surface area contributed by atoms with Crippen LogP contribution < -0.4 is 4.74 Å². The summed E-state index contributed by atoms with van der Waals surface area (Å²) in [5.41, 5.74) is 4.61. The van der Waals surface area contributed by atoms with Crippen molar-refractivity contribution < 1.29 is 9.53 Å². The minimum Gasteiger partial charge on any atom is -0.495 e. The van der Waals surface area contributed by atoms with Gasteiger partial charge in [0, 0.05) is 5.56 Å². The summed E-state index contributed by atoms with van der Waals surface area (Å²) in [6.07, 6.45) is 1.62. The van der Waals surface area contributed by atoms with Crippen LogP contribution in [0.3, 0.4) is 0 Å². The lowest BCUT2D eigenvalue weighted by Crippen LogP contribution is -2.39. The van der Waals surface area contributed by atoms with Crippen molar-refractivity contribution in [2.24, 2.45) is 4.99 Å². The van der Waals surface area contributed by atoms with Crippen molar-refractivity contribution in [3.05, 3.63) is 149 Å². The van der Waals surface area contributed by atoms with E-state index in [9.17, 15) is 4.79 Å². The molecule has 7 nitrogen and oxygen atoms in total. The lowest BCUT2D eigenvalue weighted by molar-refractivity contribution is 0.396. The maximum Gasteiger partial charge on any atom is 0.240 e. The minimum atomic E-state index is -0.933. The van der Waals surface area contributed by atoms with Crippen LogP contribution in [-0.4, -0.2) is 33.4 Å². The first kappa shape index (κ1) is 26.8. The number of halogens is 1. The summed E-state index contributed by atoms with van der Waals surface area (Å²) in [6.45, 7) is 0. The van der Waals surface area contributed by atoms with Gasteiger partial charge in [0.05, 0.1) is 17.8 Å². The van der Waals surface area contributed by atoms with Crippen LogP contribution in [-0.2, 0) is 10.3 Å². The Hall–Kier alpha value is -5.36. The number of hydrogen-bond acceptors (Lipinski definition) is 6. The number of methoxy groups -OCH3 is 1. The number of aliphatic imine (C=N–C) groups is 1. The fourth-order valence-electron chi connectivity index (χ4n) is 5.27. The van der Waals surface area contributed by atoms with Gasteiger partial charge in [-0.3, -0.25) is 0 Å². The molecule has 6 rings (SSSR count). The van der Waals surface area contributed by atoms with E-state index in [1.807, 2.05) is 72.8 Å². The van der Waals surface area contributed by atoms with Gasteiger partial charge in [0.1, 0.15) is 5.75 Å². The molecule has 42 heavy (non-hydrogen) atoms. The summed E-state index contributed by atoms with van der Waals surface area (Å²) in [6, 6.07) is 41.2. The van der Waals surface area contributed by atoms with Crippen LogP contribution in [0, 0.1) is 0 Å². The molecule has 0 atom stereocenters. The molecule has 8 heteroatoms. The molecule has 0 aliphatic carbocycles. The monoisotopic (exact) mass is 569 g/mol. The zero-order chi connectivity index (χ0) is 28.9. The number of isocyanates is 1. The van der Waals surface area contributed by atoms with Crippen LogP contribution in [0.4, 0.5) is 5.69 Å². The smallest absolute Gasteiger partial charge is 0.240 e. The molecular formula is C34H24ClN5O2. The number of tetrazole rings is 1. The highest BCUT2D eigenvalue weighted by molar-refractivity contribution is 6.32. The SMILES string of the molecule is COc1ccc(-c2ccc(N=C=O)cc2-c2nnn(C(c3ccccc3)(c3ccccc3)c3ccccc3)n2)cc1Cl. The van der Waals surface area contributed by atoms with Crippen molar-refractivity contribution in [2.45, 2.75) is 5.54 Å². The lowest BCUT2D eigenvalue weighted by Gasteiger charge is -2.34. The molecule has 5 aromatic carbocycles. The average molecular weight is 570 g/mol. The molecule has 0 radical (unpaired) electrons. The van der Waals surface area contributed by atoms with Crippen LogP contribution >= 0.6 is 11.6 Å². The second-order valence-electron chi connectivity index (χ2n) is 9.49. The van der Waals surface area contributed by atoms with Gasteiger partial charge in [0.2, 0.25) is 11.9 Å². The molecule has 0 bridgehead atoms. The average Bonchev–Trinajstić information content (AvgIpc) is 3.54. The fraction of sp³-hybridized carbons (Fsp3) is 0.0588. The molecule has 0 fully saturated rings. The van der Waals surface area contributed by atoms with Gasteiger partial charge < -0.3 is 4.74 Å². The van der Waals surface area contributed by atoms with Gasteiger partial charge in [-0.2, -0.15) is 4.99 Å². The zero-order valence-electron chi connectivity index (χ0n) is 22.6. The van der Waals surface area contributed by atoms with Crippen LogP contribution in [0.15, 0.2) is 132 Å². The number of benzene rings is 5. The van der Waals surface area contributed by atoms with E-state index in [0.717, 1.165) is 27.8 Å². The molecule has 204 valence electrons. The van der Waals surface area contributed by atoms with E-state index in [1.165, 1.54) is 0 Å². The molecule has 0 aliphatic heterocycles. The van der Waals surface area contributed by atoms with Crippen molar-refractivity contribution in [3.8, 4) is 28.3 Å². The molecule has 1 heterocycles. The van der Waals surface area contributed by atoms with Crippen LogP contribution in [0.2, 0.25) is 5.02 Å². The first-order valence-corrected chi connectivity index (χ1v) is 13.6. The third kappa shape index (κ3) is 4.77. The summed E-state index contributed by atoms with van der Waals surface area (Å²) >= 11 is 6.48.